The summed E-state index contributed by atoms with van der Waals surface area (Å²) < 4.78 is 0. The first-order valence-electron chi connectivity index (χ1n) is 7.44. The first kappa shape index (κ1) is 14.8. The Bertz CT molecular complexity index is 815. The zero-order valence-corrected chi connectivity index (χ0v) is 12.8. The van der Waals surface area contributed by atoms with Crippen molar-refractivity contribution in [1.29, 1.82) is 5.26 Å². The number of nitriles is 1. The normalized spacial score (nSPS) is 10.3. The van der Waals surface area contributed by atoms with E-state index in [1.54, 1.807) is 24.5 Å². The quantitative estimate of drug-likeness (QED) is 0.738. The third-order valence-electron chi connectivity index (χ3n) is 3.43. The van der Waals surface area contributed by atoms with E-state index in [9.17, 15) is 0 Å². The van der Waals surface area contributed by atoms with Gasteiger partial charge in [0.25, 0.3) is 0 Å². The summed E-state index contributed by atoms with van der Waals surface area (Å²) in [4.78, 5) is 17.5. The highest BCUT2D eigenvalue weighted by atomic mass is 14.9. The van der Waals surface area contributed by atoms with Gasteiger partial charge in [-0.15, -0.1) is 0 Å². The number of nitrogens with zero attached hydrogens (tertiary/aromatic N) is 5. The number of benzene rings is 1. The molecular formula is C18H15N5. The summed E-state index contributed by atoms with van der Waals surface area (Å²) in [6, 6.07) is 9.27. The Labute approximate surface area is 134 Å². The third kappa shape index (κ3) is 3.38. The van der Waals surface area contributed by atoms with Crippen LogP contribution < -0.4 is 0 Å². The maximum absolute atomic E-state index is 8.82. The van der Waals surface area contributed by atoms with Crippen molar-refractivity contribution in [3.8, 4) is 28.8 Å². The fourth-order valence-corrected chi connectivity index (χ4v) is 2.21. The molecule has 0 amide bonds. The summed E-state index contributed by atoms with van der Waals surface area (Å²) in [5, 5.41) is 8.82. The van der Waals surface area contributed by atoms with Gasteiger partial charge in [-0.1, -0.05) is 13.3 Å². The van der Waals surface area contributed by atoms with Gasteiger partial charge >= 0.3 is 0 Å². The molecule has 0 saturated carbocycles. The maximum atomic E-state index is 8.82. The largest absolute Gasteiger partial charge is 0.236 e. The van der Waals surface area contributed by atoms with E-state index >= 15 is 0 Å². The highest BCUT2D eigenvalue weighted by Gasteiger charge is 2.05. The molecule has 0 aliphatic heterocycles. The van der Waals surface area contributed by atoms with Crippen molar-refractivity contribution in [1.82, 2.24) is 19.9 Å². The average Bonchev–Trinajstić information content (AvgIpc) is 2.63. The Morgan fingerprint density at radius 2 is 1.39 bits per heavy atom. The number of aromatic nitrogens is 4. The van der Waals surface area contributed by atoms with Crippen molar-refractivity contribution in [2.45, 2.75) is 19.8 Å². The van der Waals surface area contributed by atoms with Crippen LogP contribution in [0.25, 0.3) is 22.8 Å². The van der Waals surface area contributed by atoms with Gasteiger partial charge in [-0.2, -0.15) is 5.26 Å². The fourth-order valence-electron chi connectivity index (χ4n) is 2.21. The molecule has 3 aromatic rings. The van der Waals surface area contributed by atoms with Crippen molar-refractivity contribution in [2.24, 2.45) is 0 Å². The molecule has 0 saturated heterocycles. The van der Waals surface area contributed by atoms with Crippen LogP contribution in [0.3, 0.4) is 0 Å². The van der Waals surface area contributed by atoms with Crippen LogP contribution in [0.1, 0.15) is 24.5 Å². The summed E-state index contributed by atoms with van der Waals surface area (Å²) in [5.74, 6) is 1.23. The standard InChI is InChI=1S/C18H15N5/c1-2-3-14-9-20-18(21-10-14)16-11-22-17(23-12-16)15-6-4-13(8-19)5-7-15/h4-7,9-12H,2-3H2,1H3. The number of hydrogen-bond donors (Lipinski definition) is 0. The smallest absolute Gasteiger partial charge is 0.162 e. The van der Waals surface area contributed by atoms with Gasteiger partial charge in [0.05, 0.1) is 17.2 Å². The predicted octanol–water partition coefficient (Wildman–Crippen LogP) is 3.42. The molecule has 23 heavy (non-hydrogen) atoms. The van der Waals surface area contributed by atoms with E-state index in [1.165, 1.54) is 0 Å². The lowest BCUT2D eigenvalue weighted by Gasteiger charge is -2.03. The van der Waals surface area contributed by atoms with E-state index in [2.05, 4.69) is 32.9 Å². The molecule has 0 atom stereocenters. The zero-order valence-electron chi connectivity index (χ0n) is 12.8. The maximum Gasteiger partial charge on any atom is 0.162 e. The second-order valence-electron chi connectivity index (χ2n) is 5.15. The van der Waals surface area contributed by atoms with E-state index in [4.69, 9.17) is 5.26 Å². The van der Waals surface area contributed by atoms with Crippen LogP contribution in [0, 0.1) is 11.3 Å². The minimum absolute atomic E-state index is 0.612. The molecule has 5 nitrogen and oxygen atoms in total. The molecule has 0 bridgehead atoms. The molecule has 0 aliphatic carbocycles. The van der Waals surface area contributed by atoms with Gasteiger partial charge in [-0.25, -0.2) is 19.9 Å². The SMILES string of the molecule is CCCc1cnc(-c2cnc(-c3ccc(C#N)cc3)nc2)nc1. The van der Waals surface area contributed by atoms with E-state index in [0.29, 0.717) is 17.2 Å². The van der Waals surface area contributed by atoms with Gasteiger partial charge in [0, 0.05) is 30.4 Å². The molecule has 5 heteroatoms. The number of rotatable bonds is 4. The first-order chi connectivity index (χ1) is 11.3. The van der Waals surface area contributed by atoms with Crippen molar-refractivity contribution in [3.63, 3.8) is 0 Å². The fraction of sp³-hybridized carbons (Fsp3) is 0.167. The van der Waals surface area contributed by atoms with E-state index in [0.717, 1.165) is 29.5 Å². The van der Waals surface area contributed by atoms with E-state index in [-0.39, 0.29) is 0 Å². The molecule has 0 fully saturated rings. The lowest BCUT2D eigenvalue weighted by molar-refractivity contribution is 0.902. The Balaban J connectivity index is 1.82. The van der Waals surface area contributed by atoms with Crippen molar-refractivity contribution in [3.05, 3.63) is 60.2 Å². The Morgan fingerprint density at radius 1 is 0.826 bits per heavy atom. The summed E-state index contributed by atoms with van der Waals surface area (Å²) in [5.41, 5.74) is 3.40. The average molecular weight is 301 g/mol. The monoisotopic (exact) mass is 301 g/mol. The highest BCUT2D eigenvalue weighted by Crippen LogP contribution is 2.18. The molecule has 0 spiro atoms. The summed E-state index contributed by atoms with van der Waals surface area (Å²) in [6.45, 7) is 2.13. The van der Waals surface area contributed by atoms with Gasteiger partial charge in [-0.05, 0) is 36.2 Å². The molecule has 2 heterocycles. The van der Waals surface area contributed by atoms with Gasteiger partial charge in [0.15, 0.2) is 11.6 Å². The molecule has 2 aromatic heterocycles. The van der Waals surface area contributed by atoms with Crippen molar-refractivity contribution in [2.75, 3.05) is 0 Å². The highest BCUT2D eigenvalue weighted by molar-refractivity contribution is 5.59. The van der Waals surface area contributed by atoms with Gasteiger partial charge in [0.1, 0.15) is 0 Å². The zero-order chi connectivity index (χ0) is 16.1. The topological polar surface area (TPSA) is 75.3 Å². The summed E-state index contributed by atoms with van der Waals surface area (Å²) >= 11 is 0. The Morgan fingerprint density at radius 3 is 1.96 bits per heavy atom. The Kier molecular flexibility index (Phi) is 4.34. The minimum atomic E-state index is 0.612. The summed E-state index contributed by atoms with van der Waals surface area (Å²) in [7, 11) is 0. The van der Waals surface area contributed by atoms with Crippen LogP contribution in [0.4, 0.5) is 0 Å². The van der Waals surface area contributed by atoms with Crippen LogP contribution in [-0.2, 0) is 6.42 Å². The molecule has 1 aromatic carbocycles. The molecule has 0 aliphatic rings. The first-order valence-corrected chi connectivity index (χ1v) is 7.44. The van der Waals surface area contributed by atoms with E-state index < -0.39 is 0 Å². The third-order valence-corrected chi connectivity index (χ3v) is 3.43. The number of aryl methyl sites for hydroxylation is 1. The Hall–Kier alpha value is -3.13. The van der Waals surface area contributed by atoms with Crippen LogP contribution in [-0.4, -0.2) is 19.9 Å². The second kappa shape index (κ2) is 6.75. The molecule has 112 valence electrons. The van der Waals surface area contributed by atoms with Gasteiger partial charge in [-0.3, -0.25) is 0 Å². The molecule has 3 rings (SSSR count). The second-order valence-corrected chi connectivity index (χ2v) is 5.15. The predicted molar refractivity (Wildman–Crippen MR) is 87.2 cm³/mol. The van der Waals surface area contributed by atoms with Gasteiger partial charge in [0.2, 0.25) is 0 Å². The van der Waals surface area contributed by atoms with Crippen LogP contribution in [0.5, 0.6) is 0 Å². The molecule has 0 N–H and O–H groups in total. The lowest BCUT2D eigenvalue weighted by atomic mass is 10.1. The molecule has 0 unspecified atom stereocenters. The van der Waals surface area contributed by atoms with Crippen molar-refractivity contribution < 1.29 is 0 Å². The van der Waals surface area contributed by atoms with Crippen LogP contribution >= 0.6 is 0 Å². The van der Waals surface area contributed by atoms with Crippen molar-refractivity contribution >= 4 is 0 Å². The van der Waals surface area contributed by atoms with Crippen LogP contribution in [0.2, 0.25) is 0 Å². The number of hydrogen-bond acceptors (Lipinski definition) is 5. The lowest BCUT2D eigenvalue weighted by Crippen LogP contribution is -1.95. The molecular weight excluding hydrogens is 286 g/mol. The van der Waals surface area contributed by atoms with Crippen LogP contribution in [0.15, 0.2) is 49.1 Å². The van der Waals surface area contributed by atoms with E-state index in [1.807, 2.05) is 24.5 Å². The summed E-state index contributed by atoms with van der Waals surface area (Å²) in [6.07, 6.45) is 9.19. The minimum Gasteiger partial charge on any atom is -0.236 e. The molecule has 0 radical (unpaired) electrons. The van der Waals surface area contributed by atoms with Gasteiger partial charge < -0.3 is 0 Å².